The summed E-state index contributed by atoms with van der Waals surface area (Å²) in [5.74, 6) is 1.97. The van der Waals surface area contributed by atoms with Crippen LogP contribution in [0.2, 0.25) is 0 Å². The van der Waals surface area contributed by atoms with Crippen LogP contribution in [0.15, 0.2) is 22.6 Å². The van der Waals surface area contributed by atoms with E-state index >= 15 is 0 Å². The number of methoxy groups -OCH3 is 2. The molecule has 0 spiro atoms. The number of rotatable bonds is 5. The van der Waals surface area contributed by atoms with E-state index in [1.54, 1.807) is 14.2 Å². The molecule has 2 rings (SSSR count). The van der Waals surface area contributed by atoms with Crippen molar-refractivity contribution >= 4 is 0 Å². The Labute approximate surface area is 111 Å². The second-order valence-electron chi connectivity index (χ2n) is 4.00. The summed E-state index contributed by atoms with van der Waals surface area (Å²) < 4.78 is 16.2. The highest BCUT2D eigenvalue weighted by atomic mass is 16.5. The number of aromatic nitrogens is 2. The van der Waals surface area contributed by atoms with Crippen LogP contribution in [0.3, 0.4) is 0 Å². The summed E-state index contributed by atoms with van der Waals surface area (Å²) in [6.07, 6.45) is 0.727. The molecule has 0 fully saturated rings. The lowest BCUT2D eigenvalue weighted by atomic mass is 10.1. The molecule has 2 aromatic rings. The predicted octanol–water partition coefficient (Wildman–Crippen LogP) is 2.16. The van der Waals surface area contributed by atoms with Crippen molar-refractivity contribution in [2.24, 2.45) is 5.73 Å². The zero-order valence-corrected chi connectivity index (χ0v) is 11.2. The molecule has 1 unspecified atom stereocenters. The summed E-state index contributed by atoms with van der Waals surface area (Å²) in [5, 5.41) is 7.98. The maximum Gasteiger partial charge on any atom is 0.255 e. The van der Waals surface area contributed by atoms with E-state index in [0.29, 0.717) is 28.8 Å². The Balaban J connectivity index is 2.48. The van der Waals surface area contributed by atoms with Crippen LogP contribution in [0.4, 0.5) is 0 Å². The van der Waals surface area contributed by atoms with Gasteiger partial charge in [0.1, 0.15) is 17.1 Å². The lowest BCUT2D eigenvalue weighted by Crippen LogP contribution is -2.08. The number of hydrogen-bond donors (Lipinski definition) is 1. The van der Waals surface area contributed by atoms with Crippen molar-refractivity contribution in [3.63, 3.8) is 0 Å². The van der Waals surface area contributed by atoms with Gasteiger partial charge in [0.05, 0.1) is 20.3 Å². The summed E-state index contributed by atoms with van der Waals surface area (Å²) >= 11 is 0. The first kappa shape index (κ1) is 13.4. The second-order valence-corrected chi connectivity index (χ2v) is 4.00. The van der Waals surface area contributed by atoms with E-state index in [9.17, 15) is 0 Å². The fourth-order valence-electron chi connectivity index (χ4n) is 1.72. The van der Waals surface area contributed by atoms with Crippen molar-refractivity contribution < 1.29 is 13.9 Å². The molecule has 2 N–H and O–H groups in total. The molecule has 0 aliphatic carbocycles. The Bertz CT molecular complexity index is 532. The highest BCUT2D eigenvalue weighted by Gasteiger charge is 2.20. The summed E-state index contributed by atoms with van der Waals surface area (Å²) in [5.41, 5.74) is 6.50. The first-order chi connectivity index (χ1) is 9.21. The van der Waals surface area contributed by atoms with E-state index in [2.05, 4.69) is 10.2 Å². The molecule has 0 saturated heterocycles. The first-order valence-corrected chi connectivity index (χ1v) is 6.01. The first-order valence-electron chi connectivity index (χ1n) is 6.01. The van der Waals surface area contributed by atoms with Crippen molar-refractivity contribution in [3.8, 4) is 23.0 Å². The van der Waals surface area contributed by atoms with Crippen LogP contribution in [0.5, 0.6) is 11.5 Å². The zero-order valence-electron chi connectivity index (χ0n) is 11.2. The van der Waals surface area contributed by atoms with Gasteiger partial charge in [-0.25, -0.2) is 0 Å². The second kappa shape index (κ2) is 5.71. The van der Waals surface area contributed by atoms with Crippen molar-refractivity contribution in [2.45, 2.75) is 19.4 Å². The molecule has 1 heterocycles. The Morgan fingerprint density at radius 1 is 1.21 bits per heavy atom. The molecule has 1 atom stereocenters. The molecule has 6 heteroatoms. The number of benzene rings is 1. The van der Waals surface area contributed by atoms with E-state index in [4.69, 9.17) is 19.6 Å². The third-order valence-electron chi connectivity index (χ3n) is 2.84. The number of nitrogens with two attached hydrogens (primary N) is 1. The van der Waals surface area contributed by atoms with Gasteiger partial charge in [0, 0.05) is 0 Å². The molecule has 6 nitrogen and oxygen atoms in total. The minimum Gasteiger partial charge on any atom is -0.496 e. The van der Waals surface area contributed by atoms with Crippen molar-refractivity contribution in [1.82, 2.24) is 10.2 Å². The van der Waals surface area contributed by atoms with Gasteiger partial charge >= 0.3 is 0 Å². The summed E-state index contributed by atoms with van der Waals surface area (Å²) in [4.78, 5) is 0. The van der Waals surface area contributed by atoms with E-state index in [-0.39, 0.29) is 6.04 Å². The van der Waals surface area contributed by atoms with Crippen molar-refractivity contribution in [3.05, 3.63) is 24.1 Å². The molecule has 1 aromatic heterocycles. The molecule has 19 heavy (non-hydrogen) atoms. The van der Waals surface area contributed by atoms with Gasteiger partial charge in [-0.2, -0.15) is 0 Å². The predicted molar refractivity (Wildman–Crippen MR) is 70.1 cm³/mol. The van der Waals surface area contributed by atoms with E-state index < -0.39 is 0 Å². The minimum absolute atomic E-state index is 0.262. The Morgan fingerprint density at radius 3 is 2.37 bits per heavy atom. The van der Waals surface area contributed by atoms with Crippen LogP contribution in [0.25, 0.3) is 11.5 Å². The third-order valence-corrected chi connectivity index (χ3v) is 2.84. The van der Waals surface area contributed by atoms with Crippen LogP contribution in [-0.4, -0.2) is 24.4 Å². The molecule has 0 bridgehead atoms. The van der Waals surface area contributed by atoms with Crippen LogP contribution in [-0.2, 0) is 0 Å². The van der Waals surface area contributed by atoms with Gasteiger partial charge in [-0.15, -0.1) is 10.2 Å². The molecule has 0 radical (unpaired) electrons. The Hall–Kier alpha value is -2.08. The standard InChI is InChI=1S/C13H17N3O3/c1-4-8(14)12-15-16-13(19-12)11-9(17-2)6-5-7-10(11)18-3/h5-8H,4,14H2,1-3H3. The molecule has 0 saturated carbocycles. The fraction of sp³-hybridized carbons (Fsp3) is 0.385. The lowest BCUT2D eigenvalue weighted by molar-refractivity contribution is 0.391. The van der Waals surface area contributed by atoms with Gasteiger partial charge < -0.3 is 19.6 Å². The molecule has 102 valence electrons. The van der Waals surface area contributed by atoms with E-state index in [0.717, 1.165) is 6.42 Å². The van der Waals surface area contributed by atoms with Crippen molar-refractivity contribution in [1.29, 1.82) is 0 Å². The molecule has 0 amide bonds. The average molecular weight is 263 g/mol. The van der Waals surface area contributed by atoms with Crippen LogP contribution in [0, 0.1) is 0 Å². The number of ether oxygens (including phenoxy) is 2. The maximum absolute atomic E-state index is 5.87. The van der Waals surface area contributed by atoms with Gasteiger partial charge in [-0.05, 0) is 18.6 Å². The third kappa shape index (κ3) is 2.53. The van der Waals surface area contributed by atoms with Gasteiger partial charge in [-0.3, -0.25) is 0 Å². The normalized spacial score (nSPS) is 12.2. The van der Waals surface area contributed by atoms with E-state index in [1.165, 1.54) is 0 Å². The summed E-state index contributed by atoms with van der Waals surface area (Å²) in [7, 11) is 3.15. The highest BCUT2D eigenvalue weighted by Crippen LogP contribution is 2.37. The van der Waals surface area contributed by atoms with Crippen molar-refractivity contribution in [2.75, 3.05) is 14.2 Å². The smallest absolute Gasteiger partial charge is 0.255 e. The zero-order chi connectivity index (χ0) is 13.8. The van der Waals surface area contributed by atoms with E-state index in [1.807, 2.05) is 25.1 Å². The largest absolute Gasteiger partial charge is 0.496 e. The van der Waals surface area contributed by atoms with Crippen LogP contribution < -0.4 is 15.2 Å². The highest BCUT2D eigenvalue weighted by molar-refractivity contribution is 5.70. The molecule has 0 aliphatic rings. The number of hydrogen-bond acceptors (Lipinski definition) is 6. The number of nitrogens with zero attached hydrogens (tertiary/aromatic N) is 2. The Kier molecular flexibility index (Phi) is 4.01. The van der Waals surface area contributed by atoms with Crippen LogP contribution >= 0.6 is 0 Å². The van der Waals surface area contributed by atoms with Gasteiger partial charge in [0.25, 0.3) is 5.89 Å². The summed E-state index contributed by atoms with van der Waals surface area (Å²) in [6, 6.07) is 5.18. The molecular weight excluding hydrogens is 246 g/mol. The maximum atomic E-state index is 5.87. The summed E-state index contributed by atoms with van der Waals surface area (Å²) in [6.45, 7) is 1.96. The van der Waals surface area contributed by atoms with Gasteiger partial charge in [0.2, 0.25) is 5.89 Å². The quantitative estimate of drug-likeness (QED) is 0.890. The van der Waals surface area contributed by atoms with Gasteiger partial charge in [0.15, 0.2) is 0 Å². The van der Waals surface area contributed by atoms with Gasteiger partial charge in [-0.1, -0.05) is 13.0 Å². The monoisotopic (exact) mass is 263 g/mol. The van der Waals surface area contributed by atoms with Crippen LogP contribution in [0.1, 0.15) is 25.3 Å². The minimum atomic E-state index is -0.262. The SMILES string of the molecule is CCC(N)c1nnc(-c2c(OC)cccc2OC)o1. The molecular formula is C13H17N3O3. The topological polar surface area (TPSA) is 83.4 Å². The Morgan fingerprint density at radius 2 is 1.84 bits per heavy atom. The molecule has 1 aromatic carbocycles. The average Bonchev–Trinajstić information content (AvgIpc) is 2.94. The fourth-order valence-corrected chi connectivity index (χ4v) is 1.72. The molecule has 0 aliphatic heterocycles. The lowest BCUT2D eigenvalue weighted by Gasteiger charge is -2.09.